The number of hydrogen-bond acceptors (Lipinski definition) is 1. The summed E-state index contributed by atoms with van der Waals surface area (Å²) < 4.78 is 12.8. The van der Waals surface area contributed by atoms with Crippen LogP contribution in [-0.2, 0) is 4.79 Å². The molecule has 1 aromatic carbocycles. The van der Waals surface area contributed by atoms with Crippen LogP contribution < -0.4 is 5.32 Å². The molecule has 0 aliphatic heterocycles. The van der Waals surface area contributed by atoms with Gasteiger partial charge >= 0.3 is 0 Å². The van der Waals surface area contributed by atoms with Crippen molar-refractivity contribution < 1.29 is 9.18 Å². The van der Waals surface area contributed by atoms with Crippen molar-refractivity contribution in [3.8, 4) is 0 Å². The van der Waals surface area contributed by atoms with E-state index >= 15 is 0 Å². The van der Waals surface area contributed by atoms with Crippen molar-refractivity contribution in [1.82, 2.24) is 5.32 Å². The second-order valence-corrected chi connectivity index (χ2v) is 4.24. The predicted octanol–water partition coefficient (Wildman–Crippen LogP) is 2.88. The first-order valence-corrected chi connectivity index (χ1v) is 5.69. The third kappa shape index (κ3) is 3.49. The van der Waals surface area contributed by atoms with Gasteiger partial charge in [-0.3, -0.25) is 4.79 Å². The molecule has 0 aliphatic rings. The maximum atomic E-state index is 12.8. The number of nitrogens with one attached hydrogen (secondary N) is 1. The van der Waals surface area contributed by atoms with Crippen LogP contribution in [-0.4, -0.2) is 11.8 Å². The molecule has 0 aliphatic carbocycles. The molecule has 1 N–H and O–H groups in total. The van der Waals surface area contributed by atoms with Crippen molar-refractivity contribution in [2.45, 2.75) is 19.9 Å². The van der Waals surface area contributed by atoms with Crippen LogP contribution in [0.3, 0.4) is 0 Å². The van der Waals surface area contributed by atoms with E-state index in [0.29, 0.717) is 0 Å². The first-order chi connectivity index (χ1) is 7.54. The minimum absolute atomic E-state index is 0.0651. The summed E-state index contributed by atoms with van der Waals surface area (Å²) in [7, 11) is 0. The Morgan fingerprint density at radius 1 is 1.38 bits per heavy atom. The monoisotopic (exact) mass is 243 g/mol. The topological polar surface area (TPSA) is 29.1 Å². The maximum absolute atomic E-state index is 12.8. The average molecular weight is 244 g/mol. The van der Waals surface area contributed by atoms with Crippen molar-refractivity contribution >= 4 is 17.5 Å². The Kier molecular flexibility index (Phi) is 4.74. The van der Waals surface area contributed by atoms with Crippen LogP contribution in [0.15, 0.2) is 24.3 Å². The number of halogens is 2. The third-order valence-electron chi connectivity index (χ3n) is 2.33. The summed E-state index contributed by atoms with van der Waals surface area (Å²) in [5.74, 6) is -0.345. The van der Waals surface area contributed by atoms with Crippen molar-refractivity contribution in [2.24, 2.45) is 5.92 Å². The molecule has 0 bridgehead atoms. The fraction of sp³-hybridized carbons (Fsp3) is 0.417. The van der Waals surface area contributed by atoms with Crippen molar-refractivity contribution in [2.75, 3.05) is 5.88 Å². The summed E-state index contributed by atoms with van der Waals surface area (Å²) in [6, 6.07) is 5.99. The molecule has 1 rings (SSSR count). The van der Waals surface area contributed by atoms with Gasteiger partial charge in [0.15, 0.2) is 0 Å². The molecular weight excluding hydrogens is 229 g/mol. The molecule has 88 valence electrons. The van der Waals surface area contributed by atoms with Gasteiger partial charge in [-0.2, -0.15) is 0 Å². The standard InChI is InChI=1S/C12H15ClFNO/c1-8(2)12(15-11(16)7-13)9-3-5-10(14)6-4-9/h3-6,8,12H,7H2,1-2H3,(H,15,16)/t12-/m0/s1. The second kappa shape index (κ2) is 5.85. The van der Waals surface area contributed by atoms with Crippen LogP contribution in [0, 0.1) is 11.7 Å². The highest BCUT2D eigenvalue weighted by Gasteiger charge is 2.17. The SMILES string of the molecule is CC(C)[C@H](NC(=O)CCl)c1ccc(F)cc1. The molecule has 0 fully saturated rings. The minimum Gasteiger partial charge on any atom is -0.348 e. The Morgan fingerprint density at radius 3 is 2.38 bits per heavy atom. The zero-order valence-electron chi connectivity index (χ0n) is 9.34. The van der Waals surface area contributed by atoms with Gasteiger partial charge < -0.3 is 5.32 Å². The van der Waals surface area contributed by atoms with Gasteiger partial charge in [0.1, 0.15) is 11.7 Å². The highest BCUT2D eigenvalue weighted by Crippen LogP contribution is 2.21. The van der Waals surface area contributed by atoms with Gasteiger partial charge in [0, 0.05) is 0 Å². The van der Waals surface area contributed by atoms with Crippen LogP contribution in [0.5, 0.6) is 0 Å². The lowest BCUT2D eigenvalue weighted by Gasteiger charge is -2.22. The molecule has 16 heavy (non-hydrogen) atoms. The average Bonchev–Trinajstić information content (AvgIpc) is 2.26. The molecule has 1 amide bonds. The van der Waals surface area contributed by atoms with Gasteiger partial charge in [0.2, 0.25) is 5.91 Å². The van der Waals surface area contributed by atoms with E-state index in [1.165, 1.54) is 12.1 Å². The van der Waals surface area contributed by atoms with Crippen LogP contribution in [0.2, 0.25) is 0 Å². The molecule has 1 aromatic rings. The molecule has 0 unspecified atom stereocenters. The van der Waals surface area contributed by atoms with E-state index in [1.807, 2.05) is 13.8 Å². The lowest BCUT2D eigenvalue weighted by atomic mass is 9.96. The lowest BCUT2D eigenvalue weighted by molar-refractivity contribution is -0.119. The fourth-order valence-electron chi connectivity index (χ4n) is 1.52. The number of carbonyl (C=O) groups is 1. The van der Waals surface area contributed by atoms with E-state index < -0.39 is 0 Å². The van der Waals surface area contributed by atoms with Crippen LogP contribution in [0.1, 0.15) is 25.5 Å². The first kappa shape index (κ1) is 13.0. The Bertz CT molecular complexity index is 351. The van der Waals surface area contributed by atoms with Crippen molar-refractivity contribution in [3.05, 3.63) is 35.6 Å². The summed E-state index contributed by atoms with van der Waals surface area (Å²) in [5, 5.41) is 2.81. The Morgan fingerprint density at radius 2 is 1.94 bits per heavy atom. The van der Waals surface area contributed by atoms with Gasteiger partial charge in [0.25, 0.3) is 0 Å². The Labute approximate surface area is 99.8 Å². The molecule has 0 spiro atoms. The summed E-state index contributed by atoms with van der Waals surface area (Å²) >= 11 is 5.44. The summed E-state index contributed by atoms with van der Waals surface area (Å²) in [6.45, 7) is 3.98. The fourth-order valence-corrected chi connectivity index (χ4v) is 1.59. The smallest absolute Gasteiger partial charge is 0.235 e. The number of benzene rings is 1. The minimum atomic E-state index is -0.282. The van der Waals surface area contributed by atoms with Gasteiger partial charge in [-0.15, -0.1) is 11.6 Å². The molecule has 0 saturated carbocycles. The number of alkyl halides is 1. The van der Waals surface area contributed by atoms with E-state index in [4.69, 9.17) is 11.6 Å². The summed E-state index contributed by atoms with van der Waals surface area (Å²) in [5.41, 5.74) is 0.884. The quantitative estimate of drug-likeness (QED) is 0.810. The Hall–Kier alpha value is -1.09. The third-order valence-corrected chi connectivity index (χ3v) is 2.58. The van der Waals surface area contributed by atoms with E-state index in [9.17, 15) is 9.18 Å². The number of hydrogen-bond donors (Lipinski definition) is 1. The van der Waals surface area contributed by atoms with E-state index in [1.54, 1.807) is 12.1 Å². The van der Waals surface area contributed by atoms with Crippen LogP contribution >= 0.6 is 11.6 Å². The lowest BCUT2D eigenvalue weighted by Crippen LogP contribution is -2.32. The molecule has 2 nitrogen and oxygen atoms in total. The van der Waals surface area contributed by atoms with E-state index in [2.05, 4.69) is 5.32 Å². The van der Waals surface area contributed by atoms with Crippen LogP contribution in [0.25, 0.3) is 0 Å². The normalized spacial score (nSPS) is 12.6. The molecule has 4 heteroatoms. The Balaban J connectivity index is 2.85. The number of amides is 1. The molecule has 1 atom stereocenters. The predicted molar refractivity (Wildman–Crippen MR) is 62.8 cm³/mol. The maximum Gasteiger partial charge on any atom is 0.235 e. The molecule has 0 aromatic heterocycles. The number of rotatable bonds is 4. The zero-order chi connectivity index (χ0) is 12.1. The largest absolute Gasteiger partial charge is 0.348 e. The molecule has 0 saturated heterocycles. The second-order valence-electron chi connectivity index (χ2n) is 3.97. The molecular formula is C12H15ClFNO. The summed E-state index contributed by atoms with van der Waals surface area (Å²) in [6.07, 6.45) is 0. The highest BCUT2D eigenvalue weighted by atomic mass is 35.5. The highest BCUT2D eigenvalue weighted by molar-refractivity contribution is 6.27. The van der Waals surface area contributed by atoms with Crippen molar-refractivity contribution in [1.29, 1.82) is 0 Å². The van der Waals surface area contributed by atoms with Crippen molar-refractivity contribution in [3.63, 3.8) is 0 Å². The van der Waals surface area contributed by atoms with E-state index in [0.717, 1.165) is 5.56 Å². The van der Waals surface area contributed by atoms with Gasteiger partial charge in [-0.1, -0.05) is 26.0 Å². The van der Waals surface area contributed by atoms with E-state index in [-0.39, 0.29) is 29.6 Å². The molecule has 0 heterocycles. The summed E-state index contributed by atoms with van der Waals surface area (Å²) in [4.78, 5) is 11.2. The van der Waals surface area contributed by atoms with Gasteiger partial charge in [-0.05, 0) is 23.6 Å². The van der Waals surface area contributed by atoms with Gasteiger partial charge in [0.05, 0.1) is 6.04 Å². The zero-order valence-corrected chi connectivity index (χ0v) is 10.1. The molecule has 0 radical (unpaired) electrons. The van der Waals surface area contributed by atoms with Gasteiger partial charge in [-0.25, -0.2) is 4.39 Å². The first-order valence-electron chi connectivity index (χ1n) is 5.15. The van der Waals surface area contributed by atoms with Crippen LogP contribution in [0.4, 0.5) is 4.39 Å². The number of carbonyl (C=O) groups excluding carboxylic acids is 1.